The molecular formula is C18H13N3O3S. The Bertz CT molecular complexity index is 1020. The quantitative estimate of drug-likeness (QED) is 0.427. The first-order valence-corrected chi connectivity index (χ1v) is 8.16. The molecule has 6 nitrogen and oxygen atoms in total. The lowest BCUT2D eigenvalue weighted by molar-refractivity contribution is -0.112. The Labute approximate surface area is 147 Å². The summed E-state index contributed by atoms with van der Waals surface area (Å²) in [5.74, 6) is -1.12. The predicted molar refractivity (Wildman–Crippen MR) is 96.2 cm³/mol. The third-order valence-electron chi connectivity index (χ3n) is 3.54. The lowest BCUT2D eigenvalue weighted by Gasteiger charge is -2.05. The van der Waals surface area contributed by atoms with E-state index in [1.165, 1.54) is 13.2 Å². The fourth-order valence-electron chi connectivity index (χ4n) is 2.32. The van der Waals surface area contributed by atoms with Crippen LogP contribution in [-0.2, 0) is 9.53 Å². The number of anilines is 1. The number of aromatic amines is 1. The standard InChI is InChI=1S/C18H13N3O3S/c1-24-18(23)16-15(5-7-25-16)21-17(22)13(10-19)9-11-2-3-14-12(8-11)4-6-20-14/h2-9,20H,1H3,(H,21,22)/b13-9+. The van der Waals surface area contributed by atoms with Crippen molar-refractivity contribution in [2.24, 2.45) is 0 Å². The molecule has 25 heavy (non-hydrogen) atoms. The summed E-state index contributed by atoms with van der Waals surface area (Å²) in [6.07, 6.45) is 3.33. The van der Waals surface area contributed by atoms with Gasteiger partial charge in [0.15, 0.2) is 0 Å². The van der Waals surface area contributed by atoms with Crippen LogP contribution < -0.4 is 5.32 Å². The lowest BCUT2D eigenvalue weighted by Crippen LogP contribution is -2.15. The molecule has 2 heterocycles. The zero-order chi connectivity index (χ0) is 17.8. The third-order valence-corrected chi connectivity index (χ3v) is 4.43. The molecule has 0 unspecified atom stereocenters. The molecule has 7 heteroatoms. The summed E-state index contributed by atoms with van der Waals surface area (Å²) in [6, 6.07) is 11.0. The van der Waals surface area contributed by atoms with Crippen LogP contribution in [0.3, 0.4) is 0 Å². The second-order valence-corrected chi connectivity index (χ2v) is 6.02. The van der Waals surface area contributed by atoms with E-state index in [9.17, 15) is 14.9 Å². The molecule has 3 aromatic rings. The number of H-pyrrole nitrogens is 1. The highest BCUT2D eigenvalue weighted by molar-refractivity contribution is 7.12. The van der Waals surface area contributed by atoms with Gasteiger partial charge in [-0.25, -0.2) is 4.79 Å². The van der Waals surface area contributed by atoms with Crippen molar-refractivity contribution in [3.05, 3.63) is 57.9 Å². The maximum Gasteiger partial charge on any atom is 0.350 e. The van der Waals surface area contributed by atoms with Crippen LogP contribution in [0.5, 0.6) is 0 Å². The van der Waals surface area contributed by atoms with E-state index < -0.39 is 11.9 Å². The van der Waals surface area contributed by atoms with Gasteiger partial charge in [0.25, 0.3) is 5.91 Å². The number of fused-ring (bicyclic) bond motifs is 1. The summed E-state index contributed by atoms with van der Waals surface area (Å²) in [6.45, 7) is 0. The molecule has 0 radical (unpaired) electrons. The highest BCUT2D eigenvalue weighted by Crippen LogP contribution is 2.24. The van der Waals surface area contributed by atoms with Crippen molar-refractivity contribution in [3.63, 3.8) is 0 Å². The van der Waals surface area contributed by atoms with E-state index in [4.69, 9.17) is 0 Å². The number of nitrogens with zero attached hydrogens (tertiary/aromatic N) is 1. The number of nitrogens with one attached hydrogen (secondary N) is 2. The number of rotatable bonds is 4. The minimum absolute atomic E-state index is 0.0584. The number of hydrogen-bond acceptors (Lipinski definition) is 5. The molecule has 0 aliphatic heterocycles. The van der Waals surface area contributed by atoms with Gasteiger partial charge in [-0.05, 0) is 46.7 Å². The average Bonchev–Trinajstić information content (AvgIpc) is 3.27. The maximum atomic E-state index is 12.4. The molecule has 0 saturated carbocycles. The first-order valence-electron chi connectivity index (χ1n) is 7.28. The minimum Gasteiger partial charge on any atom is -0.465 e. The van der Waals surface area contributed by atoms with Crippen molar-refractivity contribution in [1.29, 1.82) is 5.26 Å². The van der Waals surface area contributed by atoms with Gasteiger partial charge in [-0.3, -0.25) is 4.79 Å². The smallest absolute Gasteiger partial charge is 0.350 e. The van der Waals surface area contributed by atoms with Crippen LogP contribution in [0.4, 0.5) is 5.69 Å². The van der Waals surface area contributed by atoms with Crippen LogP contribution in [0.25, 0.3) is 17.0 Å². The second kappa shape index (κ2) is 7.03. The Balaban J connectivity index is 1.85. The molecule has 2 aromatic heterocycles. The van der Waals surface area contributed by atoms with E-state index in [1.807, 2.05) is 36.5 Å². The van der Waals surface area contributed by atoms with E-state index in [-0.39, 0.29) is 10.5 Å². The summed E-state index contributed by atoms with van der Waals surface area (Å²) in [5, 5.41) is 14.5. The van der Waals surface area contributed by atoms with Crippen molar-refractivity contribution in [2.75, 3.05) is 12.4 Å². The topological polar surface area (TPSA) is 95.0 Å². The molecule has 2 N–H and O–H groups in total. The number of carbonyl (C=O) groups excluding carboxylic acids is 2. The van der Waals surface area contributed by atoms with Gasteiger partial charge < -0.3 is 15.0 Å². The van der Waals surface area contributed by atoms with Crippen LogP contribution in [0, 0.1) is 11.3 Å². The number of ether oxygens (including phenoxy) is 1. The van der Waals surface area contributed by atoms with Gasteiger partial charge >= 0.3 is 5.97 Å². The minimum atomic E-state index is -0.583. The maximum absolute atomic E-state index is 12.4. The van der Waals surface area contributed by atoms with E-state index >= 15 is 0 Å². The highest BCUT2D eigenvalue weighted by Gasteiger charge is 2.17. The van der Waals surface area contributed by atoms with Crippen molar-refractivity contribution < 1.29 is 14.3 Å². The van der Waals surface area contributed by atoms with Crippen molar-refractivity contribution >= 4 is 45.9 Å². The molecule has 124 valence electrons. The van der Waals surface area contributed by atoms with Crippen LogP contribution in [0.1, 0.15) is 15.2 Å². The summed E-state index contributed by atoms with van der Waals surface area (Å²) in [7, 11) is 1.27. The van der Waals surface area contributed by atoms with Gasteiger partial charge in [-0.1, -0.05) is 6.07 Å². The number of esters is 1. The zero-order valence-electron chi connectivity index (χ0n) is 13.2. The molecule has 0 bridgehead atoms. The Morgan fingerprint density at radius 2 is 2.16 bits per heavy atom. The molecule has 0 fully saturated rings. The first kappa shape index (κ1) is 16.5. The van der Waals surface area contributed by atoms with Gasteiger partial charge in [-0.15, -0.1) is 11.3 Å². The van der Waals surface area contributed by atoms with Crippen molar-refractivity contribution in [1.82, 2.24) is 4.98 Å². The zero-order valence-corrected chi connectivity index (χ0v) is 14.0. The summed E-state index contributed by atoms with van der Waals surface area (Å²) in [4.78, 5) is 27.4. The number of nitriles is 1. The number of aromatic nitrogens is 1. The van der Waals surface area contributed by atoms with E-state index in [0.717, 1.165) is 27.8 Å². The third kappa shape index (κ3) is 3.44. The molecule has 0 aliphatic rings. The number of thiophene rings is 1. The summed E-state index contributed by atoms with van der Waals surface area (Å²) >= 11 is 1.15. The largest absolute Gasteiger partial charge is 0.465 e. The second-order valence-electron chi connectivity index (χ2n) is 5.10. The Hall–Kier alpha value is -3.37. The average molecular weight is 351 g/mol. The normalized spacial score (nSPS) is 11.1. The molecule has 3 rings (SSSR count). The monoisotopic (exact) mass is 351 g/mol. The molecule has 0 aliphatic carbocycles. The Kier molecular flexibility index (Phi) is 4.64. The van der Waals surface area contributed by atoms with Crippen molar-refractivity contribution in [2.45, 2.75) is 0 Å². The van der Waals surface area contributed by atoms with E-state index in [0.29, 0.717) is 5.69 Å². The Morgan fingerprint density at radius 3 is 2.92 bits per heavy atom. The van der Waals surface area contributed by atoms with E-state index in [1.54, 1.807) is 11.4 Å². The molecule has 1 amide bonds. The lowest BCUT2D eigenvalue weighted by atomic mass is 10.1. The Morgan fingerprint density at radius 1 is 1.32 bits per heavy atom. The van der Waals surface area contributed by atoms with Crippen LogP contribution in [0.15, 0.2) is 47.5 Å². The van der Waals surface area contributed by atoms with Crippen LogP contribution >= 0.6 is 11.3 Å². The van der Waals surface area contributed by atoms with Gasteiger partial charge in [0.1, 0.15) is 16.5 Å². The molecular weight excluding hydrogens is 338 g/mol. The number of benzene rings is 1. The number of carbonyl (C=O) groups is 2. The van der Waals surface area contributed by atoms with Crippen molar-refractivity contribution in [3.8, 4) is 6.07 Å². The van der Waals surface area contributed by atoms with Gasteiger partial charge in [0.05, 0.1) is 12.8 Å². The molecule has 1 aromatic carbocycles. The molecule has 0 saturated heterocycles. The number of amides is 1. The summed E-state index contributed by atoms with van der Waals surface area (Å²) in [5.41, 5.74) is 1.97. The van der Waals surface area contributed by atoms with Gasteiger partial charge in [0, 0.05) is 11.7 Å². The van der Waals surface area contributed by atoms with Gasteiger partial charge in [0.2, 0.25) is 0 Å². The fourth-order valence-corrected chi connectivity index (χ4v) is 3.09. The fraction of sp³-hybridized carbons (Fsp3) is 0.0556. The van der Waals surface area contributed by atoms with Crippen LogP contribution in [0.2, 0.25) is 0 Å². The number of hydrogen-bond donors (Lipinski definition) is 2. The van der Waals surface area contributed by atoms with Gasteiger partial charge in [-0.2, -0.15) is 5.26 Å². The SMILES string of the molecule is COC(=O)c1sccc1NC(=O)/C(C#N)=C/c1ccc2[nH]ccc2c1. The first-order chi connectivity index (χ1) is 12.1. The highest BCUT2D eigenvalue weighted by atomic mass is 32.1. The summed E-state index contributed by atoms with van der Waals surface area (Å²) < 4.78 is 4.67. The predicted octanol–water partition coefficient (Wildman–Crippen LogP) is 3.56. The molecule has 0 spiro atoms. The number of methoxy groups -OCH3 is 1. The molecule has 0 atom stereocenters. The van der Waals surface area contributed by atoms with E-state index in [2.05, 4.69) is 15.0 Å². The van der Waals surface area contributed by atoms with Crippen LogP contribution in [-0.4, -0.2) is 24.0 Å².